The molecule has 14 aromatic carbocycles. The van der Waals surface area contributed by atoms with Gasteiger partial charge in [0.2, 0.25) is 19.7 Å². The zero-order valence-electron chi connectivity index (χ0n) is 74.1. The number of anilines is 8. The summed E-state index contributed by atoms with van der Waals surface area (Å²) in [7, 11) is -5.51. The average molecular weight is 1980 g/mol. The van der Waals surface area contributed by atoms with Gasteiger partial charge in [-0.3, -0.25) is 69.1 Å². The molecule has 0 heterocycles. The number of nitrogens with one attached hydrogen (secondary N) is 7. The number of amides is 4. The van der Waals surface area contributed by atoms with Gasteiger partial charge >= 0.3 is 0 Å². The zero-order chi connectivity index (χ0) is 99.8. The maximum Gasteiger partial charge on any atom is 0.269 e. The fourth-order valence-electron chi connectivity index (χ4n) is 13.1. The SMILES string of the molecule is CNc1cccc(S(=O)(=O)c2ccc([N+](=O)[O-])cc2)c1C(=O)Nc1ccccc1OC.COc1ccccc1NC(=O)c1c(N(C)C)cccc1S(=O)(=O)c1ccc([N+](=O)[O-])cc1.COc1ccccc1NC(=O)c1c(NS(=O)(=O)c2ccc(C)cc2)cccc1Sc1ccc([N+](=O)[O-])cc1.COc1ccccc1NC(=O)c1c(NS(=O)(=O)c2ccccc2)cccc1Sc1ccc([N+](=O)[O-])cc1. The highest BCUT2D eigenvalue weighted by Crippen LogP contribution is 2.42. The first-order chi connectivity index (χ1) is 65.9. The smallest absolute Gasteiger partial charge is 0.269 e. The van der Waals surface area contributed by atoms with E-state index in [0.29, 0.717) is 76.7 Å². The number of aryl methyl sites for hydroxylation is 1. The third-order valence-corrected chi connectivity index (χ3v) is 28.4. The number of nitro benzene ring substituents is 4. The van der Waals surface area contributed by atoms with Gasteiger partial charge in [0.1, 0.15) is 23.0 Å². The Morgan fingerprint density at radius 3 is 0.913 bits per heavy atom. The summed E-state index contributed by atoms with van der Waals surface area (Å²) in [6, 6.07) is 80.5. The summed E-state index contributed by atoms with van der Waals surface area (Å²) in [4.78, 5) is 98.3. The number of nitro groups is 4. The van der Waals surface area contributed by atoms with Crippen LogP contribution in [0.25, 0.3) is 0 Å². The first kappa shape index (κ1) is 102. The number of hydrogen-bond acceptors (Lipinski definition) is 28. The summed E-state index contributed by atoms with van der Waals surface area (Å²) in [5.74, 6) is -0.734. The van der Waals surface area contributed by atoms with Crippen LogP contribution < -0.4 is 59.9 Å². The van der Waals surface area contributed by atoms with Gasteiger partial charge in [-0.1, -0.05) is 132 Å². The summed E-state index contributed by atoms with van der Waals surface area (Å²) in [6.07, 6.45) is 0. The predicted molar refractivity (Wildman–Crippen MR) is 524 cm³/mol. The number of non-ortho nitro benzene ring substituents is 4. The lowest BCUT2D eigenvalue weighted by Crippen LogP contribution is -2.22. The number of carbonyl (C=O) groups excluding carboxylic acids is 4. The Bertz CT molecular complexity index is 7390. The van der Waals surface area contributed by atoms with Crippen LogP contribution in [0.2, 0.25) is 0 Å². The van der Waals surface area contributed by atoms with Gasteiger partial charge < -0.3 is 50.4 Å². The molecule has 7 N–H and O–H groups in total. The Labute approximate surface area is 800 Å². The van der Waals surface area contributed by atoms with E-state index in [1.54, 1.807) is 214 Å². The normalized spacial score (nSPS) is 11.0. The van der Waals surface area contributed by atoms with Crippen LogP contribution in [0, 0.1) is 47.4 Å². The number of ether oxygens (including phenoxy) is 4. The van der Waals surface area contributed by atoms with Crippen LogP contribution in [-0.2, 0) is 39.7 Å². The lowest BCUT2D eigenvalue weighted by molar-refractivity contribution is -0.385. The Morgan fingerprint density at radius 1 is 0.304 bits per heavy atom. The largest absolute Gasteiger partial charge is 0.495 e. The van der Waals surface area contributed by atoms with Gasteiger partial charge in [0.25, 0.3) is 66.4 Å². The fraction of sp³-hybridized carbons (Fsp3) is 0.0833. The third-order valence-electron chi connectivity index (χ3n) is 19.9. The van der Waals surface area contributed by atoms with Gasteiger partial charge in [-0.25, -0.2) is 33.7 Å². The van der Waals surface area contributed by atoms with Crippen LogP contribution in [0.5, 0.6) is 23.0 Å². The van der Waals surface area contributed by atoms with Crippen molar-refractivity contribution in [2.75, 3.05) is 90.5 Å². The van der Waals surface area contributed by atoms with Crippen LogP contribution in [0.4, 0.5) is 68.2 Å². The Hall–Kier alpha value is -16.5. The van der Waals surface area contributed by atoms with Crippen molar-refractivity contribution in [3.05, 3.63) is 390 Å². The van der Waals surface area contributed by atoms with Crippen molar-refractivity contribution in [1.82, 2.24) is 0 Å². The highest BCUT2D eigenvalue weighted by Gasteiger charge is 2.33. The number of methoxy groups -OCH3 is 4. The third kappa shape index (κ3) is 25.3. The van der Waals surface area contributed by atoms with E-state index >= 15 is 0 Å². The lowest BCUT2D eigenvalue weighted by Gasteiger charge is -2.20. The van der Waals surface area contributed by atoms with E-state index in [-0.39, 0.29) is 85.8 Å². The Kier molecular flexibility index (Phi) is 33.9. The van der Waals surface area contributed by atoms with Crippen molar-refractivity contribution in [2.24, 2.45) is 0 Å². The molecule has 0 saturated heterocycles. The molecular weight excluding hydrogens is 1900 g/mol. The predicted octanol–water partition coefficient (Wildman–Crippen LogP) is 19.4. The maximum atomic E-state index is 13.6. The molecule has 0 unspecified atom stereocenters. The molecule has 4 amide bonds. The fourth-order valence-corrected chi connectivity index (χ4v) is 20.2. The molecule has 0 radical (unpaired) electrons. The quantitative estimate of drug-likeness (QED) is 0.0152. The van der Waals surface area contributed by atoms with Crippen molar-refractivity contribution in [1.29, 1.82) is 0 Å². The molecule has 138 heavy (non-hydrogen) atoms. The molecule has 0 fully saturated rings. The maximum absolute atomic E-state index is 13.6. The number of rotatable bonds is 32. The van der Waals surface area contributed by atoms with Gasteiger partial charge in [0.15, 0.2) is 0 Å². The number of sulfonamides is 2. The Morgan fingerprint density at radius 2 is 0.580 bits per heavy atom. The van der Waals surface area contributed by atoms with E-state index in [0.717, 1.165) is 54.1 Å². The first-order valence-corrected chi connectivity index (χ1v) is 48.1. The van der Waals surface area contributed by atoms with Crippen LogP contribution in [0.15, 0.2) is 370 Å². The standard InChI is InChI=1S/C27H23N3O6S2.C26H21N3O6S2.C22H21N3O6S.C21H19N3O6S/c1-18-10-16-21(17-11-18)38(34,35)29-23-7-5-9-25(37-20-14-12-19(13-15-20)30(32)33)26(23)27(31)28-22-6-3-4-8-24(22)36-2;1-35-23-12-6-5-10-21(23)27-26(30)25-22(28-37(33,34)20-8-3-2-4-9-20)11-7-13-24(25)36-19-16-14-18(15-17-19)29(31)32;1-24(2)18-8-6-10-20(32(29,30)16-13-11-15(12-14-16)25(27)28)21(18)22(26)23-17-7-4-5-9-19(17)31-3;1-22-17-7-5-9-19(31(28,29)15-12-10-14(11-13-15)24(26)27)20(17)21(25)23-16-6-3-4-8-18(16)30-2/h3-17,29H,1-2H3,(H,28,31);2-17,28H,1H3,(H,27,30);4-14H,1-3H3,(H,23,26);3-13,22H,1-2H3,(H,23,25). The molecule has 0 aliphatic rings. The lowest BCUT2D eigenvalue weighted by atomic mass is 10.1. The molecule has 0 aromatic heterocycles. The van der Waals surface area contributed by atoms with E-state index in [1.165, 1.54) is 137 Å². The average Bonchev–Trinajstić information content (AvgIpc) is 0.763. The molecule has 0 spiro atoms. The molecule has 42 heteroatoms. The van der Waals surface area contributed by atoms with Crippen LogP contribution >= 0.6 is 23.5 Å². The number of para-hydroxylation sites is 8. The highest BCUT2D eigenvalue weighted by molar-refractivity contribution is 7.99. The Balaban J connectivity index is 0.000000177. The minimum absolute atomic E-state index is 0.0412. The van der Waals surface area contributed by atoms with E-state index in [1.807, 2.05) is 6.92 Å². The monoisotopic (exact) mass is 1980 g/mol. The number of benzene rings is 14. The van der Waals surface area contributed by atoms with Gasteiger partial charge in [-0.05, 0) is 177 Å². The van der Waals surface area contributed by atoms with Gasteiger partial charge in [-0.15, -0.1) is 0 Å². The number of sulfone groups is 2. The molecule has 0 saturated carbocycles. The molecule has 708 valence electrons. The van der Waals surface area contributed by atoms with Crippen LogP contribution in [0.1, 0.15) is 47.0 Å². The van der Waals surface area contributed by atoms with E-state index in [2.05, 4.69) is 36.0 Å². The number of carbonyl (C=O) groups is 4. The van der Waals surface area contributed by atoms with E-state index in [9.17, 15) is 93.3 Å². The van der Waals surface area contributed by atoms with E-state index < -0.39 is 83.0 Å². The van der Waals surface area contributed by atoms with Crippen molar-refractivity contribution in [2.45, 2.75) is 55.9 Å². The second kappa shape index (κ2) is 45.9. The van der Waals surface area contributed by atoms with Gasteiger partial charge in [-0.2, -0.15) is 0 Å². The van der Waals surface area contributed by atoms with Crippen molar-refractivity contribution < 1.29 is 91.5 Å². The van der Waals surface area contributed by atoms with Gasteiger partial charge in [0, 0.05) is 94.9 Å². The topological polar surface area (TPSA) is 502 Å². The van der Waals surface area contributed by atoms with Crippen molar-refractivity contribution in [3.63, 3.8) is 0 Å². The van der Waals surface area contributed by atoms with Crippen LogP contribution in [0.3, 0.4) is 0 Å². The molecule has 14 aromatic rings. The molecule has 0 atom stereocenters. The second-order valence-corrected chi connectivity index (χ2v) is 38.4. The second-order valence-electron chi connectivity index (χ2n) is 29.0. The molecule has 0 aliphatic heterocycles. The molecular formula is C96H84N12O24S6. The number of nitrogens with zero attached hydrogens (tertiary/aromatic N) is 5. The van der Waals surface area contributed by atoms with Crippen molar-refractivity contribution >= 4 is 155 Å². The molecule has 14 rings (SSSR count). The summed E-state index contributed by atoms with van der Waals surface area (Å²) >= 11 is 2.34. The molecule has 0 aliphatic carbocycles. The van der Waals surface area contributed by atoms with Crippen molar-refractivity contribution in [3.8, 4) is 23.0 Å². The highest BCUT2D eigenvalue weighted by atomic mass is 32.2. The number of hydrogen-bond donors (Lipinski definition) is 7. The van der Waals surface area contributed by atoms with Crippen LogP contribution in [-0.4, -0.2) is 127 Å². The molecule has 0 bridgehead atoms. The first-order valence-electron chi connectivity index (χ1n) is 40.6. The summed E-state index contributed by atoms with van der Waals surface area (Å²) in [6.45, 7) is 1.85. The minimum Gasteiger partial charge on any atom is -0.495 e. The summed E-state index contributed by atoms with van der Waals surface area (Å²) < 4.78 is 132. The van der Waals surface area contributed by atoms with Gasteiger partial charge in [0.05, 0.1) is 140 Å². The van der Waals surface area contributed by atoms with E-state index in [4.69, 9.17) is 18.9 Å². The summed E-state index contributed by atoms with van der Waals surface area (Å²) in [5, 5.41) is 57.6. The molecule has 36 nitrogen and oxygen atoms in total. The zero-order valence-corrected chi connectivity index (χ0v) is 79.0. The minimum atomic E-state index is -4.16. The summed E-state index contributed by atoms with van der Waals surface area (Å²) in [5.41, 5.74) is 2.72.